The first-order valence-corrected chi connectivity index (χ1v) is 7.82. The average Bonchev–Trinajstić information content (AvgIpc) is 3.38. The van der Waals surface area contributed by atoms with Crippen LogP contribution in [0.2, 0.25) is 0 Å². The van der Waals surface area contributed by atoms with Crippen LogP contribution in [0.25, 0.3) is 11.0 Å². The third kappa shape index (κ3) is 3.05. The van der Waals surface area contributed by atoms with Crippen molar-refractivity contribution in [2.24, 2.45) is 11.7 Å². The summed E-state index contributed by atoms with van der Waals surface area (Å²) in [5, 5.41) is 2.81. The van der Waals surface area contributed by atoms with Crippen LogP contribution in [-0.2, 0) is 6.54 Å². The number of hydrogen-bond acceptors (Lipinski definition) is 4. The molecule has 2 aromatic rings. The van der Waals surface area contributed by atoms with Crippen LogP contribution in [0.3, 0.4) is 0 Å². The summed E-state index contributed by atoms with van der Waals surface area (Å²) in [6.45, 7) is 2.62. The zero-order chi connectivity index (χ0) is 16.6. The predicted octanol–water partition coefficient (Wildman–Crippen LogP) is 0.177. The predicted molar refractivity (Wildman–Crippen MR) is 87.5 cm³/mol. The Hall–Kier alpha value is -2.41. The largest absolute Gasteiger partial charge is 0.350 e. The zero-order valence-corrected chi connectivity index (χ0v) is 13.0. The molecule has 1 aromatic carbocycles. The monoisotopic (exact) mass is 316 g/mol. The van der Waals surface area contributed by atoms with Crippen molar-refractivity contribution in [3.05, 3.63) is 44.5 Å². The molecule has 0 saturated heterocycles. The minimum Gasteiger partial charge on any atom is -0.350 e. The van der Waals surface area contributed by atoms with Crippen LogP contribution in [0.4, 0.5) is 0 Å². The Balaban J connectivity index is 1.87. The van der Waals surface area contributed by atoms with Gasteiger partial charge >= 0.3 is 11.1 Å². The van der Waals surface area contributed by atoms with Crippen LogP contribution in [-0.4, -0.2) is 28.0 Å². The molecule has 1 saturated carbocycles. The second-order valence-corrected chi connectivity index (χ2v) is 5.95. The average molecular weight is 316 g/mol. The lowest BCUT2D eigenvalue weighted by atomic mass is 10.1. The molecule has 3 rings (SSSR count). The molecule has 1 aliphatic rings. The summed E-state index contributed by atoms with van der Waals surface area (Å²) in [7, 11) is 0. The number of aromatic amines is 1. The molecule has 1 aromatic heterocycles. The van der Waals surface area contributed by atoms with Crippen LogP contribution in [0.15, 0.2) is 27.8 Å². The molecule has 0 radical (unpaired) electrons. The molecule has 7 nitrogen and oxygen atoms in total. The number of aromatic nitrogens is 2. The second-order valence-electron chi connectivity index (χ2n) is 5.95. The van der Waals surface area contributed by atoms with Crippen LogP contribution >= 0.6 is 0 Å². The van der Waals surface area contributed by atoms with Gasteiger partial charge < -0.3 is 20.6 Å². The number of nitrogens with one attached hydrogen (secondary N) is 2. The lowest BCUT2D eigenvalue weighted by molar-refractivity contribution is 0.0950. The molecule has 0 bridgehead atoms. The smallest absolute Gasteiger partial charge is 0.316 e. The van der Waals surface area contributed by atoms with Crippen LogP contribution < -0.4 is 22.2 Å². The van der Waals surface area contributed by atoms with Gasteiger partial charge in [-0.15, -0.1) is 0 Å². The first kappa shape index (κ1) is 15.5. The Morgan fingerprint density at radius 2 is 2.17 bits per heavy atom. The summed E-state index contributed by atoms with van der Waals surface area (Å²) in [4.78, 5) is 38.2. The van der Waals surface area contributed by atoms with E-state index in [-0.39, 0.29) is 11.9 Å². The van der Waals surface area contributed by atoms with Crippen molar-refractivity contribution in [2.75, 3.05) is 6.54 Å². The molecule has 7 heteroatoms. The number of rotatable bonds is 5. The third-order valence-electron chi connectivity index (χ3n) is 4.28. The molecule has 1 fully saturated rings. The summed E-state index contributed by atoms with van der Waals surface area (Å²) >= 11 is 0. The Morgan fingerprint density at radius 1 is 1.43 bits per heavy atom. The maximum absolute atomic E-state index is 12.2. The Labute approximate surface area is 132 Å². The number of H-pyrrole nitrogens is 1. The number of nitrogens with two attached hydrogens (primary N) is 1. The maximum Gasteiger partial charge on any atom is 0.316 e. The number of amides is 1. The highest BCUT2D eigenvalue weighted by Gasteiger charge is 2.28. The van der Waals surface area contributed by atoms with Crippen molar-refractivity contribution in [2.45, 2.75) is 32.4 Å². The molecular weight excluding hydrogens is 296 g/mol. The molecule has 1 heterocycles. The van der Waals surface area contributed by atoms with Crippen molar-refractivity contribution in [1.29, 1.82) is 0 Å². The molecule has 1 amide bonds. The van der Waals surface area contributed by atoms with Crippen molar-refractivity contribution >= 4 is 16.9 Å². The van der Waals surface area contributed by atoms with Crippen molar-refractivity contribution in [1.82, 2.24) is 14.9 Å². The molecule has 1 atom stereocenters. The van der Waals surface area contributed by atoms with E-state index >= 15 is 0 Å². The van der Waals surface area contributed by atoms with Gasteiger partial charge in [0.15, 0.2) is 0 Å². The van der Waals surface area contributed by atoms with E-state index in [0.29, 0.717) is 35.6 Å². The van der Waals surface area contributed by atoms with E-state index in [2.05, 4.69) is 10.3 Å². The molecule has 1 aliphatic carbocycles. The van der Waals surface area contributed by atoms with E-state index < -0.39 is 11.1 Å². The Morgan fingerprint density at radius 3 is 2.83 bits per heavy atom. The van der Waals surface area contributed by atoms with E-state index in [1.807, 2.05) is 0 Å². The highest BCUT2D eigenvalue weighted by molar-refractivity contribution is 5.97. The highest BCUT2D eigenvalue weighted by Crippen LogP contribution is 2.31. The summed E-state index contributed by atoms with van der Waals surface area (Å²) in [6.07, 6.45) is 2.26. The van der Waals surface area contributed by atoms with Crippen LogP contribution in [0, 0.1) is 5.92 Å². The van der Waals surface area contributed by atoms with Crippen LogP contribution in [0.5, 0.6) is 0 Å². The Bertz CT molecular complexity index is 864. The molecular formula is C16H20N4O3. The number of hydrogen-bond donors (Lipinski definition) is 3. The second kappa shape index (κ2) is 6.00. The lowest BCUT2D eigenvalue weighted by Crippen LogP contribution is -2.38. The summed E-state index contributed by atoms with van der Waals surface area (Å²) in [5.41, 5.74) is 6.19. The molecule has 0 aliphatic heterocycles. The van der Waals surface area contributed by atoms with E-state index in [1.54, 1.807) is 25.1 Å². The SMILES string of the molecule is CCn1c(=O)c(=O)[nH]c2cc(C(=O)NCC(N)C3CC3)ccc21. The van der Waals surface area contributed by atoms with E-state index in [9.17, 15) is 14.4 Å². The van der Waals surface area contributed by atoms with Gasteiger partial charge in [0.1, 0.15) is 0 Å². The number of carbonyl (C=O) groups is 1. The standard InChI is InChI=1S/C16H20N4O3/c1-2-20-13-6-5-10(7-12(13)19-15(22)16(20)23)14(21)18-8-11(17)9-3-4-9/h5-7,9,11H,2-4,8,17H2,1H3,(H,18,21)(H,19,22). The van der Waals surface area contributed by atoms with Gasteiger partial charge in [-0.2, -0.15) is 0 Å². The van der Waals surface area contributed by atoms with Gasteiger partial charge in [-0.05, 0) is 43.9 Å². The third-order valence-corrected chi connectivity index (χ3v) is 4.28. The van der Waals surface area contributed by atoms with Gasteiger partial charge in [0.25, 0.3) is 5.91 Å². The van der Waals surface area contributed by atoms with E-state index in [4.69, 9.17) is 5.73 Å². The van der Waals surface area contributed by atoms with Gasteiger partial charge in [0.2, 0.25) is 0 Å². The first-order chi connectivity index (χ1) is 11.0. The quantitative estimate of drug-likeness (QED) is 0.683. The van der Waals surface area contributed by atoms with Crippen molar-refractivity contribution in [3.63, 3.8) is 0 Å². The van der Waals surface area contributed by atoms with Crippen molar-refractivity contribution in [3.8, 4) is 0 Å². The fourth-order valence-corrected chi connectivity index (χ4v) is 2.74. The normalized spacial score (nSPS) is 15.6. The number of fused-ring (bicyclic) bond motifs is 1. The minimum atomic E-state index is -0.687. The summed E-state index contributed by atoms with van der Waals surface area (Å²) in [6, 6.07) is 4.89. The lowest BCUT2D eigenvalue weighted by Gasteiger charge is -2.12. The van der Waals surface area contributed by atoms with Crippen LogP contribution in [0.1, 0.15) is 30.1 Å². The van der Waals surface area contributed by atoms with E-state index in [0.717, 1.165) is 12.8 Å². The molecule has 1 unspecified atom stereocenters. The van der Waals surface area contributed by atoms with Crippen molar-refractivity contribution < 1.29 is 4.79 Å². The number of carbonyl (C=O) groups excluding carboxylic acids is 1. The molecule has 4 N–H and O–H groups in total. The fourth-order valence-electron chi connectivity index (χ4n) is 2.74. The first-order valence-electron chi connectivity index (χ1n) is 7.82. The summed E-state index contributed by atoms with van der Waals surface area (Å²) < 4.78 is 1.39. The zero-order valence-electron chi connectivity index (χ0n) is 13.0. The maximum atomic E-state index is 12.2. The van der Waals surface area contributed by atoms with Gasteiger partial charge in [-0.1, -0.05) is 0 Å². The molecule has 122 valence electrons. The summed E-state index contributed by atoms with van der Waals surface area (Å²) in [5.74, 6) is 0.278. The Kier molecular flexibility index (Phi) is 4.04. The highest BCUT2D eigenvalue weighted by atomic mass is 16.2. The van der Waals surface area contributed by atoms with E-state index in [1.165, 1.54) is 4.57 Å². The number of nitrogens with zero attached hydrogens (tertiary/aromatic N) is 1. The van der Waals surface area contributed by atoms with Gasteiger partial charge in [-0.3, -0.25) is 14.4 Å². The van der Waals surface area contributed by atoms with Gasteiger partial charge in [0, 0.05) is 24.7 Å². The van der Waals surface area contributed by atoms with Gasteiger partial charge in [-0.25, -0.2) is 0 Å². The fraction of sp³-hybridized carbons (Fsp3) is 0.438. The minimum absolute atomic E-state index is 0.00974. The number of benzene rings is 1. The molecule has 0 spiro atoms. The molecule has 23 heavy (non-hydrogen) atoms. The van der Waals surface area contributed by atoms with Gasteiger partial charge in [0.05, 0.1) is 11.0 Å². The topological polar surface area (TPSA) is 110 Å². The number of aryl methyl sites for hydroxylation is 1.